The lowest BCUT2D eigenvalue weighted by molar-refractivity contribution is -0.121. The van der Waals surface area contributed by atoms with Gasteiger partial charge in [0.25, 0.3) is 0 Å². The fourth-order valence-electron chi connectivity index (χ4n) is 3.31. The van der Waals surface area contributed by atoms with Crippen molar-refractivity contribution in [1.82, 2.24) is 0 Å². The molecule has 102 valence electrons. The van der Waals surface area contributed by atoms with Gasteiger partial charge in [0.15, 0.2) is 5.78 Å². The number of hydrogen-bond donors (Lipinski definition) is 0. The molecule has 0 aliphatic carbocycles. The third-order valence-electron chi connectivity index (χ3n) is 4.23. The van der Waals surface area contributed by atoms with Crippen molar-refractivity contribution in [2.24, 2.45) is 0 Å². The molecular weight excluding hydrogens is 264 g/mol. The smallest absolute Gasteiger partial charge is 0.161 e. The average molecular weight is 282 g/mol. The van der Waals surface area contributed by atoms with Crippen LogP contribution in [0.15, 0.2) is 60.7 Å². The summed E-state index contributed by atoms with van der Waals surface area (Å²) in [6.07, 6.45) is 0. The first-order chi connectivity index (χ1) is 9.67. The Labute approximate surface area is 124 Å². The Kier molecular flexibility index (Phi) is 3.43. The molecule has 0 spiro atoms. The summed E-state index contributed by atoms with van der Waals surface area (Å²) in [6, 6.07) is 20.4. The maximum Gasteiger partial charge on any atom is 0.161 e. The van der Waals surface area contributed by atoms with Crippen LogP contribution in [0.4, 0.5) is 0 Å². The first-order valence-electron chi connectivity index (χ1n) is 6.98. The van der Waals surface area contributed by atoms with Crippen LogP contribution in [0.1, 0.15) is 25.0 Å². The molecule has 2 aromatic rings. The Bertz CT molecular complexity index is 566. The molecule has 1 fully saturated rings. The van der Waals surface area contributed by atoms with Crippen LogP contribution in [-0.2, 0) is 10.2 Å². The zero-order valence-electron chi connectivity index (χ0n) is 11.7. The van der Waals surface area contributed by atoms with E-state index in [0.29, 0.717) is 5.78 Å². The second-order valence-electron chi connectivity index (χ2n) is 5.32. The zero-order chi connectivity index (χ0) is 14.2. The van der Waals surface area contributed by atoms with E-state index in [1.807, 2.05) is 43.3 Å². The highest BCUT2D eigenvalue weighted by Crippen LogP contribution is 2.50. The molecule has 0 bridgehead atoms. The van der Waals surface area contributed by atoms with Gasteiger partial charge in [-0.1, -0.05) is 67.6 Å². The summed E-state index contributed by atoms with van der Waals surface area (Å²) in [5.41, 5.74) is 1.72. The summed E-state index contributed by atoms with van der Waals surface area (Å²) in [4.78, 5) is 13.0. The summed E-state index contributed by atoms with van der Waals surface area (Å²) < 4.78 is 0. The molecule has 0 amide bonds. The molecule has 1 aliphatic rings. The highest BCUT2D eigenvalue weighted by Gasteiger charge is 2.54. The molecule has 2 aromatic carbocycles. The van der Waals surface area contributed by atoms with Crippen LogP contribution in [0.2, 0.25) is 0 Å². The third kappa shape index (κ3) is 1.82. The summed E-state index contributed by atoms with van der Waals surface area (Å²) in [7, 11) is 0. The minimum absolute atomic E-state index is 0.0467. The van der Waals surface area contributed by atoms with E-state index >= 15 is 0 Å². The molecule has 2 unspecified atom stereocenters. The predicted octanol–water partition coefficient (Wildman–Crippen LogP) is 4.07. The second-order valence-corrected chi connectivity index (χ2v) is 7.01. The fraction of sp³-hybridized carbons (Fsp3) is 0.278. The lowest BCUT2D eigenvalue weighted by Gasteiger charge is -2.32. The Balaban J connectivity index is 2.27. The molecule has 0 saturated carbocycles. The molecule has 20 heavy (non-hydrogen) atoms. The van der Waals surface area contributed by atoms with Crippen LogP contribution in [0.3, 0.4) is 0 Å². The van der Waals surface area contributed by atoms with E-state index in [2.05, 4.69) is 31.2 Å². The van der Waals surface area contributed by atoms with Gasteiger partial charge in [0.1, 0.15) is 0 Å². The zero-order valence-corrected chi connectivity index (χ0v) is 12.6. The number of ketones is 1. The van der Waals surface area contributed by atoms with Gasteiger partial charge < -0.3 is 0 Å². The van der Waals surface area contributed by atoms with Crippen LogP contribution in [0, 0.1) is 0 Å². The van der Waals surface area contributed by atoms with E-state index in [-0.39, 0.29) is 10.5 Å². The molecule has 1 heterocycles. The van der Waals surface area contributed by atoms with Gasteiger partial charge in [0.05, 0.1) is 10.7 Å². The largest absolute Gasteiger partial charge is 0.297 e. The molecule has 1 nitrogen and oxygen atoms in total. The summed E-state index contributed by atoms with van der Waals surface area (Å²) in [5.74, 6) is 0.326. The van der Waals surface area contributed by atoms with Crippen molar-refractivity contribution in [3.05, 3.63) is 71.8 Å². The quantitative estimate of drug-likeness (QED) is 0.826. The fourth-order valence-corrected chi connectivity index (χ4v) is 4.83. The van der Waals surface area contributed by atoms with Gasteiger partial charge in [0.2, 0.25) is 0 Å². The van der Waals surface area contributed by atoms with Crippen LogP contribution < -0.4 is 0 Å². The van der Waals surface area contributed by atoms with Crippen molar-refractivity contribution < 1.29 is 4.79 Å². The number of hydrogen-bond acceptors (Lipinski definition) is 2. The van der Waals surface area contributed by atoms with Gasteiger partial charge in [-0.05, 0) is 18.1 Å². The van der Waals surface area contributed by atoms with Gasteiger partial charge in [-0.3, -0.25) is 4.79 Å². The minimum atomic E-state index is -0.507. The molecule has 1 aliphatic heterocycles. The van der Waals surface area contributed by atoms with E-state index in [1.54, 1.807) is 11.8 Å². The first kappa shape index (κ1) is 13.4. The number of Topliss-reactive ketones (excluding diaryl/α,β-unsaturated/α-hetero) is 1. The maximum atomic E-state index is 13.0. The van der Waals surface area contributed by atoms with Gasteiger partial charge in [-0.2, -0.15) is 0 Å². The van der Waals surface area contributed by atoms with Crippen molar-refractivity contribution in [1.29, 1.82) is 0 Å². The Hall–Kier alpha value is -1.54. The van der Waals surface area contributed by atoms with Gasteiger partial charge in [0, 0.05) is 5.25 Å². The molecule has 3 rings (SSSR count). The standard InChI is InChI=1S/C18H18OS/c1-13-17(19)18(14(2)20-13,15-9-5-3-6-10-15)16-11-7-4-8-12-16/h3-14H,1-2H3. The van der Waals surface area contributed by atoms with Crippen molar-refractivity contribution in [3.63, 3.8) is 0 Å². The SMILES string of the molecule is CC1SC(C)C(c2ccccc2)(c2ccccc2)C1=O. The predicted molar refractivity (Wildman–Crippen MR) is 85.2 cm³/mol. The Morgan fingerprint density at radius 3 is 1.65 bits per heavy atom. The molecule has 0 N–H and O–H groups in total. The number of carbonyl (C=O) groups excluding carboxylic acids is 1. The van der Waals surface area contributed by atoms with E-state index in [9.17, 15) is 4.79 Å². The second kappa shape index (κ2) is 5.10. The summed E-state index contributed by atoms with van der Waals surface area (Å²) >= 11 is 1.78. The average Bonchev–Trinajstić information content (AvgIpc) is 2.72. The molecular formula is C18H18OS. The van der Waals surface area contributed by atoms with Crippen molar-refractivity contribution in [2.75, 3.05) is 0 Å². The molecule has 0 radical (unpaired) electrons. The van der Waals surface area contributed by atoms with Crippen LogP contribution in [-0.4, -0.2) is 16.3 Å². The monoisotopic (exact) mass is 282 g/mol. The van der Waals surface area contributed by atoms with Crippen molar-refractivity contribution in [2.45, 2.75) is 29.8 Å². The Morgan fingerprint density at radius 2 is 1.30 bits per heavy atom. The van der Waals surface area contributed by atoms with Crippen molar-refractivity contribution in [3.8, 4) is 0 Å². The number of rotatable bonds is 2. The highest BCUT2D eigenvalue weighted by atomic mass is 32.2. The Morgan fingerprint density at radius 1 is 0.850 bits per heavy atom. The van der Waals surface area contributed by atoms with Crippen molar-refractivity contribution >= 4 is 17.5 Å². The first-order valence-corrected chi connectivity index (χ1v) is 7.92. The maximum absolute atomic E-state index is 13.0. The topological polar surface area (TPSA) is 17.1 Å². The summed E-state index contributed by atoms with van der Waals surface area (Å²) in [6.45, 7) is 4.20. The number of carbonyl (C=O) groups is 1. The van der Waals surface area contributed by atoms with Crippen LogP contribution in [0.5, 0.6) is 0 Å². The van der Waals surface area contributed by atoms with E-state index in [1.165, 1.54) is 0 Å². The number of thioether (sulfide) groups is 1. The normalized spacial score (nSPS) is 24.8. The minimum Gasteiger partial charge on any atom is -0.297 e. The molecule has 2 heteroatoms. The van der Waals surface area contributed by atoms with Gasteiger partial charge in [-0.15, -0.1) is 11.8 Å². The van der Waals surface area contributed by atoms with Crippen LogP contribution in [0.25, 0.3) is 0 Å². The van der Waals surface area contributed by atoms with Gasteiger partial charge >= 0.3 is 0 Å². The number of benzene rings is 2. The lowest BCUT2D eigenvalue weighted by Crippen LogP contribution is -2.41. The molecule has 0 aromatic heterocycles. The van der Waals surface area contributed by atoms with E-state index in [4.69, 9.17) is 0 Å². The third-order valence-corrected chi connectivity index (χ3v) is 5.62. The highest BCUT2D eigenvalue weighted by molar-refractivity contribution is 8.01. The van der Waals surface area contributed by atoms with E-state index in [0.717, 1.165) is 11.1 Å². The lowest BCUT2D eigenvalue weighted by atomic mass is 9.68. The molecule has 2 atom stereocenters. The van der Waals surface area contributed by atoms with Gasteiger partial charge in [-0.25, -0.2) is 0 Å². The van der Waals surface area contributed by atoms with E-state index < -0.39 is 5.41 Å². The summed E-state index contributed by atoms with van der Waals surface area (Å²) in [5, 5.41) is 0.292. The van der Waals surface area contributed by atoms with Crippen LogP contribution >= 0.6 is 11.8 Å². The molecule has 1 saturated heterocycles.